The number of anilines is 1. The van der Waals surface area contributed by atoms with Gasteiger partial charge < -0.3 is 5.32 Å². The smallest absolute Gasteiger partial charge is 0.322 e. The molecule has 4 nitrogen and oxygen atoms in total. The van der Waals surface area contributed by atoms with Gasteiger partial charge in [-0.2, -0.15) is 43.9 Å². The number of hydrogen-bond donors (Lipinski definition) is 1. The molecule has 0 aliphatic heterocycles. The van der Waals surface area contributed by atoms with Crippen molar-refractivity contribution < 1.29 is 71.3 Å². The molecule has 2 rings (SSSR count). The van der Waals surface area contributed by atoms with Crippen LogP contribution >= 0.6 is 11.6 Å². The van der Waals surface area contributed by atoms with Crippen LogP contribution in [-0.2, 0) is 20.2 Å². The molecule has 0 fully saturated rings. The first-order chi connectivity index (χ1) is 17.5. The lowest BCUT2D eigenvalue weighted by molar-refractivity contribution is -0.535. The summed E-state index contributed by atoms with van der Waals surface area (Å²) in [5, 5.41) is 2.30. The number of amides is 1. The quantitative estimate of drug-likeness (QED) is 0.220. The molecule has 39 heavy (non-hydrogen) atoms. The van der Waals surface area contributed by atoms with Crippen molar-refractivity contribution in [3.8, 4) is 0 Å². The maximum Gasteiger partial charge on any atom is 0.527 e. The van der Waals surface area contributed by atoms with E-state index in [-0.39, 0.29) is 12.1 Å². The molecule has 216 valence electrons. The summed E-state index contributed by atoms with van der Waals surface area (Å²) < 4.78 is 176. The van der Waals surface area contributed by atoms with E-state index in [1.54, 1.807) is 0 Å². The molecule has 0 aliphatic rings. The molecule has 0 bridgehead atoms. The van der Waals surface area contributed by atoms with Crippen LogP contribution in [0.4, 0.5) is 62.8 Å². The van der Waals surface area contributed by atoms with Gasteiger partial charge in [-0.3, -0.25) is 4.79 Å². The first-order valence-corrected chi connectivity index (χ1v) is 10.1. The lowest BCUT2D eigenvalue weighted by Gasteiger charge is -2.35. The lowest BCUT2D eigenvalue weighted by atomic mass is 10.1. The monoisotopic (exact) mass is 607 g/mol. The highest BCUT2D eigenvalue weighted by atomic mass is 35.5. The molecule has 0 atom stereocenters. The summed E-state index contributed by atoms with van der Waals surface area (Å²) in [4.78, 5) is 12.0. The molecule has 0 aromatic heterocycles. The number of ether oxygens (including phenoxy) is 2. The fourth-order valence-electron chi connectivity index (χ4n) is 2.56. The second kappa shape index (κ2) is 10.8. The molecule has 0 saturated heterocycles. The van der Waals surface area contributed by atoms with E-state index in [1.807, 2.05) is 10.1 Å². The predicted molar refractivity (Wildman–Crippen MR) is 107 cm³/mol. The zero-order valence-electron chi connectivity index (χ0n) is 18.3. The maximum atomic E-state index is 14.3. The van der Waals surface area contributed by atoms with Crippen LogP contribution in [0.5, 0.6) is 0 Å². The van der Waals surface area contributed by atoms with Crippen LogP contribution in [0, 0.1) is 0 Å². The van der Waals surface area contributed by atoms with Crippen molar-refractivity contribution in [2.45, 2.75) is 36.5 Å². The molecule has 0 aliphatic carbocycles. The lowest BCUT2D eigenvalue weighted by Crippen LogP contribution is -2.61. The van der Waals surface area contributed by atoms with E-state index in [1.165, 1.54) is 35.1 Å². The normalized spacial score (nSPS) is 14.1. The first kappa shape index (κ1) is 32.2. The standard InChI is InChI=1S/C21H11ClF13NO3/c22-13-7-4-11(5-8-13)6-9-15(37)36-14-3-1-2-12(10-14)16(23,24)18(27,28)38-19(29,30)17(25,26)20(31,32)39-21(33,34)35/h1-10H,(H,36,37). The van der Waals surface area contributed by atoms with Gasteiger partial charge in [0.15, 0.2) is 0 Å². The number of benzene rings is 2. The summed E-state index contributed by atoms with van der Waals surface area (Å²) in [6.45, 7) is 0. The van der Waals surface area contributed by atoms with Crippen LogP contribution in [-0.4, -0.2) is 36.5 Å². The van der Waals surface area contributed by atoms with Gasteiger partial charge in [-0.15, -0.1) is 13.2 Å². The van der Waals surface area contributed by atoms with Gasteiger partial charge in [-0.05, 0) is 35.9 Å². The Hall–Kier alpha value is -3.05. The van der Waals surface area contributed by atoms with E-state index in [0.717, 1.165) is 12.1 Å². The Morgan fingerprint density at radius 1 is 0.744 bits per heavy atom. The van der Waals surface area contributed by atoms with Crippen molar-refractivity contribution in [2.75, 3.05) is 5.32 Å². The SMILES string of the molecule is O=C(C=Cc1ccc(Cl)cc1)Nc1cccc(C(F)(F)C(F)(F)OC(F)(F)C(F)(F)C(F)(F)OC(F)(F)F)c1. The summed E-state index contributed by atoms with van der Waals surface area (Å²) in [6.07, 6.45) is -25.9. The maximum absolute atomic E-state index is 14.3. The molecule has 2 aromatic rings. The Kier molecular flexibility index (Phi) is 8.94. The number of nitrogens with one attached hydrogen (secondary N) is 1. The molecular weight excluding hydrogens is 597 g/mol. The van der Waals surface area contributed by atoms with Crippen molar-refractivity contribution in [3.63, 3.8) is 0 Å². The fraction of sp³-hybridized carbons (Fsp3) is 0.286. The van der Waals surface area contributed by atoms with Crippen molar-refractivity contribution in [1.82, 2.24) is 0 Å². The minimum absolute atomic E-state index is 0.0724. The van der Waals surface area contributed by atoms with Crippen molar-refractivity contribution >= 4 is 29.3 Å². The van der Waals surface area contributed by atoms with E-state index in [0.29, 0.717) is 16.7 Å². The Morgan fingerprint density at radius 2 is 1.28 bits per heavy atom. The number of alkyl halides is 13. The van der Waals surface area contributed by atoms with E-state index < -0.39 is 53.7 Å². The minimum Gasteiger partial charge on any atom is -0.322 e. The molecule has 2 aromatic carbocycles. The van der Waals surface area contributed by atoms with Gasteiger partial charge >= 0.3 is 36.5 Å². The number of carbonyl (C=O) groups excluding carboxylic acids is 1. The van der Waals surface area contributed by atoms with E-state index in [2.05, 4.69) is 0 Å². The van der Waals surface area contributed by atoms with Gasteiger partial charge in [0.05, 0.1) is 0 Å². The molecule has 1 amide bonds. The zero-order chi connectivity index (χ0) is 30.1. The summed E-state index contributed by atoms with van der Waals surface area (Å²) in [5.74, 6) is -14.5. The van der Waals surface area contributed by atoms with Crippen LogP contribution in [0.2, 0.25) is 5.02 Å². The predicted octanol–water partition coefficient (Wildman–Crippen LogP) is 8.05. The van der Waals surface area contributed by atoms with E-state index >= 15 is 0 Å². The number of hydrogen-bond acceptors (Lipinski definition) is 3. The Labute approximate surface area is 213 Å². The second-order valence-corrected chi connectivity index (χ2v) is 7.74. The number of rotatable bonds is 10. The highest BCUT2D eigenvalue weighted by Crippen LogP contribution is 2.54. The van der Waals surface area contributed by atoms with Gasteiger partial charge in [0, 0.05) is 22.3 Å². The van der Waals surface area contributed by atoms with Gasteiger partial charge in [-0.1, -0.05) is 35.9 Å². The molecule has 0 unspecified atom stereocenters. The van der Waals surface area contributed by atoms with Crippen LogP contribution in [0.3, 0.4) is 0 Å². The third kappa shape index (κ3) is 7.54. The van der Waals surface area contributed by atoms with Crippen LogP contribution in [0.1, 0.15) is 11.1 Å². The summed E-state index contributed by atoms with van der Waals surface area (Å²) in [6, 6.07) is 7.49. The average Bonchev–Trinajstić information content (AvgIpc) is 2.76. The second-order valence-electron chi connectivity index (χ2n) is 7.30. The van der Waals surface area contributed by atoms with Gasteiger partial charge in [0.25, 0.3) is 0 Å². The highest BCUT2D eigenvalue weighted by molar-refractivity contribution is 6.30. The molecule has 0 heterocycles. The Bertz CT molecular complexity index is 1200. The topological polar surface area (TPSA) is 47.6 Å². The van der Waals surface area contributed by atoms with Crippen LogP contribution < -0.4 is 5.32 Å². The molecular formula is C21H11ClF13NO3. The van der Waals surface area contributed by atoms with Gasteiger partial charge in [-0.25, -0.2) is 9.47 Å². The number of halogens is 14. The largest absolute Gasteiger partial charge is 0.527 e. The van der Waals surface area contributed by atoms with Crippen LogP contribution in [0.25, 0.3) is 6.08 Å². The summed E-state index contributed by atoms with van der Waals surface area (Å²) in [7, 11) is 0. The molecule has 0 spiro atoms. The third-order valence-corrected chi connectivity index (χ3v) is 4.64. The molecule has 0 radical (unpaired) electrons. The minimum atomic E-state index is -7.53. The third-order valence-electron chi connectivity index (χ3n) is 4.39. The summed E-state index contributed by atoms with van der Waals surface area (Å²) in [5.41, 5.74) is -2.17. The van der Waals surface area contributed by atoms with Crippen molar-refractivity contribution in [1.29, 1.82) is 0 Å². The highest BCUT2D eigenvalue weighted by Gasteiger charge is 2.80. The van der Waals surface area contributed by atoms with Gasteiger partial charge in [0.2, 0.25) is 5.91 Å². The van der Waals surface area contributed by atoms with Gasteiger partial charge in [0.1, 0.15) is 0 Å². The Balaban J connectivity index is 2.26. The molecule has 0 saturated carbocycles. The fourth-order valence-corrected chi connectivity index (χ4v) is 2.68. The van der Waals surface area contributed by atoms with E-state index in [9.17, 15) is 61.9 Å². The number of carbonyl (C=O) groups is 1. The average molecular weight is 608 g/mol. The zero-order valence-corrected chi connectivity index (χ0v) is 19.0. The Morgan fingerprint density at radius 3 is 1.82 bits per heavy atom. The van der Waals surface area contributed by atoms with Crippen molar-refractivity contribution in [2.24, 2.45) is 0 Å². The van der Waals surface area contributed by atoms with Crippen LogP contribution in [0.15, 0.2) is 54.6 Å². The van der Waals surface area contributed by atoms with Crippen molar-refractivity contribution in [3.05, 3.63) is 70.8 Å². The molecule has 1 N–H and O–H groups in total. The van der Waals surface area contributed by atoms with E-state index in [4.69, 9.17) is 11.6 Å². The molecule has 18 heteroatoms. The first-order valence-electron chi connectivity index (χ1n) is 9.72. The summed E-state index contributed by atoms with van der Waals surface area (Å²) >= 11 is 5.68.